The van der Waals surface area contributed by atoms with Crippen LogP contribution in [0.25, 0.3) is 6.08 Å². The number of aliphatic imine (C=N–C) groups is 1. The van der Waals surface area contributed by atoms with Gasteiger partial charge in [-0.05, 0) is 48.6 Å². The molecule has 1 fully saturated rings. The molecule has 3 heterocycles. The monoisotopic (exact) mass is 461 g/mol. The second kappa shape index (κ2) is 9.24. The predicted molar refractivity (Wildman–Crippen MR) is 123 cm³/mol. The van der Waals surface area contributed by atoms with Gasteiger partial charge in [0, 0.05) is 18.0 Å². The van der Waals surface area contributed by atoms with Gasteiger partial charge in [0.1, 0.15) is 11.4 Å². The highest BCUT2D eigenvalue weighted by atomic mass is 35.5. The third kappa shape index (κ3) is 4.40. The Kier molecular flexibility index (Phi) is 6.46. The van der Waals surface area contributed by atoms with Gasteiger partial charge in [-0.2, -0.15) is 0 Å². The molecule has 2 amide bonds. The number of hydrogen-bond donors (Lipinski definition) is 0. The topological polar surface area (TPSA) is 62.2 Å². The second-order valence-corrected chi connectivity index (χ2v) is 9.10. The molecule has 0 bridgehead atoms. The van der Waals surface area contributed by atoms with Gasteiger partial charge in [-0.1, -0.05) is 29.4 Å². The molecule has 0 radical (unpaired) electrons. The minimum absolute atomic E-state index is 0.0658. The number of ether oxygens (including phenoxy) is 1. The first kappa shape index (κ1) is 21.0. The molecular weight excluding hydrogens is 442 g/mol. The van der Waals surface area contributed by atoms with E-state index in [0.717, 1.165) is 30.8 Å². The molecule has 1 aromatic carbocycles. The number of hydrogen-bond acceptors (Lipinski definition) is 6. The van der Waals surface area contributed by atoms with E-state index in [0.29, 0.717) is 27.3 Å². The summed E-state index contributed by atoms with van der Waals surface area (Å²) in [5, 5.41) is 2.81. The zero-order valence-electron chi connectivity index (χ0n) is 16.3. The molecule has 1 saturated heterocycles. The van der Waals surface area contributed by atoms with Crippen molar-refractivity contribution in [1.29, 1.82) is 0 Å². The van der Waals surface area contributed by atoms with Gasteiger partial charge in [-0.15, -0.1) is 11.3 Å². The number of halogens is 1. The Balaban J connectivity index is 1.61. The van der Waals surface area contributed by atoms with Crippen molar-refractivity contribution in [2.24, 2.45) is 4.99 Å². The van der Waals surface area contributed by atoms with E-state index in [9.17, 15) is 9.59 Å². The zero-order valence-corrected chi connectivity index (χ0v) is 18.7. The number of likely N-dealkylation sites (tertiary alicyclic amines) is 1. The van der Waals surface area contributed by atoms with Gasteiger partial charge in [-0.3, -0.25) is 14.5 Å². The predicted octanol–water partition coefficient (Wildman–Crippen LogP) is 4.51. The lowest BCUT2D eigenvalue weighted by atomic mass is 10.2. The molecule has 4 rings (SSSR count). The van der Waals surface area contributed by atoms with Crippen LogP contribution in [0, 0.1) is 0 Å². The molecule has 0 saturated carbocycles. The van der Waals surface area contributed by atoms with E-state index in [4.69, 9.17) is 16.3 Å². The summed E-state index contributed by atoms with van der Waals surface area (Å²) in [6.45, 7) is 1.60. The SMILES string of the molecule is COc1ccc(N2C(=O)/C(=C\c3cccs3)N=C2SCC(=O)N2CCCC2)cc1Cl. The van der Waals surface area contributed by atoms with E-state index in [1.165, 1.54) is 35.1 Å². The smallest absolute Gasteiger partial charge is 0.283 e. The molecule has 156 valence electrons. The molecule has 1 aromatic heterocycles. The average Bonchev–Trinajstić information content (AvgIpc) is 3.49. The Hall–Kier alpha value is -2.29. The van der Waals surface area contributed by atoms with Crippen molar-refractivity contribution in [3.8, 4) is 5.75 Å². The lowest BCUT2D eigenvalue weighted by Gasteiger charge is -2.20. The van der Waals surface area contributed by atoms with Crippen LogP contribution in [-0.4, -0.2) is 47.8 Å². The number of nitrogens with zero attached hydrogens (tertiary/aromatic N) is 3. The van der Waals surface area contributed by atoms with E-state index in [2.05, 4.69) is 4.99 Å². The normalized spacial score (nSPS) is 17.7. The fraction of sp³-hybridized carbons (Fsp3) is 0.286. The number of carbonyl (C=O) groups is 2. The number of rotatable bonds is 5. The maximum absolute atomic E-state index is 13.2. The van der Waals surface area contributed by atoms with Crippen molar-refractivity contribution in [2.75, 3.05) is 30.9 Å². The fourth-order valence-corrected chi connectivity index (χ4v) is 5.13. The highest BCUT2D eigenvalue weighted by Gasteiger charge is 2.33. The van der Waals surface area contributed by atoms with Gasteiger partial charge in [0.2, 0.25) is 5.91 Å². The van der Waals surface area contributed by atoms with Crippen LogP contribution in [0.15, 0.2) is 46.4 Å². The van der Waals surface area contributed by atoms with Gasteiger partial charge < -0.3 is 9.64 Å². The lowest BCUT2D eigenvalue weighted by Crippen LogP contribution is -2.33. The molecular formula is C21H20ClN3O3S2. The largest absolute Gasteiger partial charge is 0.495 e. The Morgan fingerprint density at radius 1 is 1.33 bits per heavy atom. The maximum Gasteiger partial charge on any atom is 0.283 e. The molecule has 9 heteroatoms. The van der Waals surface area contributed by atoms with Gasteiger partial charge in [-0.25, -0.2) is 4.99 Å². The van der Waals surface area contributed by atoms with Crippen molar-refractivity contribution in [3.05, 3.63) is 51.3 Å². The first-order chi connectivity index (χ1) is 14.6. The molecule has 0 spiro atoms. The number of amides is 2. The highest BCUT2D eigenvalue weighted by molar-refractivity contribution is 8.14. The van der Waals surface area contributed by atoms with Crippen LogP contribution in [0.2, 0.25) is 5.02 Å². The van der Waals surface area contributed by atoms with Gasteiger partial charge in [0.25, 0.3) is 5.91 Å². The quantitative estimate of drug-likeness (QED) is 0.614. The Bertz CT molecular complexity index is 1010. The summed E-state index contributed by atoms with van der Waals surface area (Å²) in [4.78, 5) is 34.5. The Morgan fingerprint density at radius 2 is 2.13 bits per heavy atom. The molecule has 2 aliphatic heterocycles. The van der Waals surface area contributed by atoms with Crippen LogP contribution in [0.1, 0.15) is 17.7 Å². The summed E-state index contributed by atoms with van der Waals surface area (Å²) in [6, 6.07) is 8.99. The lowest BCUT2D eigenvalue weighted by molar-refractivity contribution is -0.127. The Labute approximate surface area is 188 Å². The minimum atomic E-state index is -0.249. The van der Waals surface area contributed by atoms with Crippen molar-refractivity contribution in [2.45, 2.75) is 12.8 Å². The summed E-state index contributed by atoms with van der Waals surface area (Å²) >= 11 is 9.09. The van der Waals surface area contributed by atoms with Gasteiger partial charge in [0.05, 0.1) is 23.6 Å². The van der Waals surface area contributed by atoms with Crippen molar-refractivity contribution < 1.29 is 14.3 Å². The van der Waals surface area contributed by atoms with Crippen LogP contribution >= 0.6 is 34.7 Å². The third-order valence-electron chi connectivity index (χ3n) is 4.83. The standard InChI is InChI=1S/C21H20ClN3O3S2/c1-28-18-7-6-14(11-16(18)22)25-20(27)17(12-15-5-4-10-29-15)23-21(25)30-13-19(26)24-8-2-3-9-24/h4-7,10-12H,2-3,8-9,13H2,1H3/b17-12+. The number of thiophene rings is 1. The van der Waals surface area contributed by atoms with E-state index >= 15 is 0 Å². The maximum atomic E-state index is 13.2. The first-order valence-corrected chi connectivity index (χ1v) is 11.7. The Morgan fingerprint density at radius 3 is 2.80 bits per heavy atom. The molecule has 2 aliphatic rings. The number of thioether (sulfide) groups is 1. The molecule has 0 N–H and O–H groups in total. The van der Waals surface area contributed by atoms with E-state index < -0.39 is 0 Å². The summed E-state index contributed by atoms with van der Waals surface area (Å²) in [6.07, 6.45) is 3.85. The molecule has 0 aliphatic carbocycles. The van der Waals surface area contributed by atoms with E-state index in [1.807, 2.05) is 22.4 Å². The van der Waals surface area contributed by atoms with Crippen LogP contribution in [0.3, 0.4) is 0 Å². The van der Waals surface area contributed by atoms with Crippen LogP contribution < -0.4 is 9.64 Å². The number of benzene rings is 1. The molecule has 0 atom stereocenters. The van der Waals surface area contributed by atoms with Gasteiger partial charge in [0.15, 0.2) is 5.17 Å². The number of amidine groups is 1. The fourth-order valence-electron chi connectivity index (χ4n) is 3.31. The summed E-state index contributed by atoms with van der Waals surface area (Å²) in [5.74, 6) is 0.576. The van der Waals surface area contributed by atoms with Gasteiger partial charge >= 0.3 is 0 Å². The van der Waals surface area contributed by atoms with Crippen molar-refractivity contribution in [1.82, 2.24) is 4.90 Å². The molecule has 2 aromatic rings. The van der Waals surface area contributed by atoms with Crippen LogP contribution in [-0.2, 0) is 9.59 Å². The van der Waals surface area contributed by atoms with Crippen molar-refractivity contribution >= 4 is 63.4 Å². The first-order valence-electron chi connectivity index (χ1n) is 9.49. The van der Waals surface area contributed by atoms with E-state index in [-0.39, 0.29) is 17.6 Å². The van der Waals surface area contributed by atoms with Crippen LogP contribution in [0.5, 0.6) is 5.75 Å². The van der Waals surface area contributed by atoms with Crippen molar-refractivity contribution in [3.63, 3.8) is 0 Å². The number of carbonyl (C=O) groups excluding carboxylic acids is 2. The average molecular weight is 462 g/mol. The third-order valence-corrected chi connectivity index (χ3v) is 6.87. The number of methoxy groups -OCH3 is 1. The molecule has 6 nitrogen and oxygen atoms in total. The van der Waals surface area contributed by atoms with Crippen LogP contribution in [0.4, 0.5) is 5.69 Å². The molecule has 0 unspecified atom stereocenters. The minimum Gasteiger partial charge on any atom is -0.495 e. The van der Waals surface area contributed by atoms with E-state index in [1.54, 1.807) is 24.3 Å². The number of anilines is 1. The highest BCUT2D eigenvalue weighted by Crippen LogP contribution is 2.34. The summed E-state index contributed by atoms with van der Waals surface area (Å²) in [7, 11) is 1.54. The molecule has 30 heavy (non-hydrogen) atoms. The summed E-state index contributed by atoms with van der Waals surface area (Å²) in [5.41, 5.74) is 0.917. The summed E-state index contributed by atoms with van der Waals surface area (Å²) < 4.78 is 5.21. The second-order valence-electron chi connectivity index (χ2n) is 6.78. The zero-order chi connectivity index (χ0) is 21.1.